The van der Waals surface area contributed by atoms with Gasteiger partial charge in [0.1, 0.15) is 0 Å². The zero-order chi connectivity index (χ0) is 13.7. The van der Waals surface area contributed by atoms with Gasteiger partial charge in [0.15, 0.2) is 0 Å². The van der Waals surface area contributed by atoms with Gasteiger partial charge in [-0.25, -0.2) is 0 Å². The molecule has 0 bridgehead atoms. The highest BCUT2D eigenvalue weighted by atomic mass is 16.3. The number of rotatable bonds is 6. The molecule has 4 nitrogen and oxygen atoms in total. The maximum atomic E-state index is 9.93. The molecule has 1 aromatic carbocycles. The Morgan fingerprint density at radius 2 is 2.05 bits per heavy atom. The second-order valence-electron chi connectivity index (χ2n) is 4.85. The normalized spacial score (nSPS) is 14.3. The molecular weight excluding hydrogens is 238 g/mol. The molecule has 102 valence electrons. The summed E-state index contributed by atoms with van der Waals surface area (Å²) in [6.07, 6.45) is 3.82. The molecule has 0 spiro atoms. The molecule has 2 aromatic rings. The monoisotopic (exact) mass is 259 g/mol. The fraction of sp³-hybridized carbons (Fsp3) is 0.400. The summed E-state index contributed by atoms with van der Waals surface area (Å²) in [5.41, 5.74) is 1.71. The van der Waals surface area contributed by atoms with Crippen molar-refractivity contribution in [3.8, 4) is 0 Å². The minimum absolute atomic E-state index is 0.0315. The number of likely N-dealkylation sites (N-methyl/N-ethyl adjacent to an activating group) is 1. The summed E-state index contributed by atoms with van der Waals surface area (Å²) in [4.78, 5) is 0. The van der Waals surface area contributed by atoms with Crippen molar-refractivity contribution in [1.29, 1.82) is 0 Å². The molecule has 2 rings (SSSR count). The van der Waals surface area contributed by atoms with Gasteiger partial charge in [-0.3, -0.25) is 4.68 Å². The molecule has 0 aliphatic carbocycles. The van der Waals surface area contributed by atoms with Crippen LogP contribution in [0.25, 0.3) is 0 Å². The van der Waals surface area contributed by atoms with Crippen molar-refractivity contribution >= 4 is 0 Å². The van der Waals surface area contributed by atoms with E-state index < -0.39 is 5.54 Å². The number of aliphatic hydroxyl groups excluding tert-OH is 1. The predicted octanol–water partition coefficient (Wildman–Crippen LogP) is 1.69. The molecule has 1 unspecified atom stereocenters. The fourth-order valence-electron chi connectivity index (χ4n) is 2.37. The lowest BCUT2D eigenvalue weighted by atomic mass is 9.90. The largest absolute Gasteiger partial charge is 0.394 e. The molecule has 1 heterocycles. The smallest absolute Gasteiger partial charge is 0.0867 e. The van der Waals surface area contributed by atoms with Crippen molar-refractivity contribution in [3.63, 3.8) is 0 Å². The van der Waals surface area contributed by atoms with Gasteiger partial charge in [-0.2, -0.15) is 5.10 Å². The van der Waals surface area contributed by atoms with Crippen LogP contribution in [-0.4, -0.2) is 28.0 Å². The van der Waals surface area contributed by atoms with Crippen LogP contribution in [0.2, 0.25) is 0 Å². The average molecular weight is 259 g/mol. The van der Waals surface area contributed by atoms with E-state index in [2.05, 4.69) is 10.4 Å². The molecule has 0 saturated carbocycles. The summed E-state index contributed by atoms with van der Waals surface area (Å²) in [5.74, 6) is 0. The van der Waals surface area contributed by atoms with Crippen LogP contribution in [0.15, 0.2) is 42.7 Å². The first-order valence-electron chi connectivity index (χ1n) is 6.60. The predicted molar refractivity (Wildman–Crippen MR) is 75.8 cm³/mol. The van der Waals surface area contributed by atoms with Gasteiger partial charge in [-0.1, -0.05) is 37.3 Å². The molecule has 0 aliphatic heterocycles. The van der Waals surface area contributed by atoms with Crippen molar-refractivity contribution in [2.45, 2.75) is 25.9 Å². The van der Waals surface area contributed by atoms with Crippen molar-refractivity contribution in [2.75, 3.05) is 13.2 Å². The Morgan fingerprint density at radius 1 is 1.32 bits per heavy atom. The lowest BCUT2D eigenvalue weighted by Gasteiger charge is -2.33. The van der Waals surface area contributed by atoms with E-state index in [0.717, 1.165) is 17.7 Å². The molecule has 4 heteroatoms. The van der Waals surface area contributed by atoms with Crippen LogP contribution in [0, 0.1) is 6.92 Å². The second kappa shape index (κ2) is 5.99. The first-order valence-corrected chi connectivity index (χ1v) is 6.60. The summed E-state index contributed by atoms with van der Waals surface area (Å²) in [6.45, 7) is 5.48. The summed E-state index contributed by atoms with van der Waals surface area (Å²) >= 11 is 0. The maximum absolute atomic E-state index is 9.93. The Hall–Kier alpha value is -1.65. The molecular formula is C15H21N3O. The highest BCUT2D eigenvalue weighted by molar-refractivity contribution is 5.24. The molecule has 0 amide bonds. The molecule has 1 atom stereocenters. The maximum Gasteiger partial charge on any atom is 0.0867 e. The van der Waals surface area contributed by atoms with Gasteiger partial charge < -0.3 is 10.4 Å². The van der Waals surface area contributed by atoms with Gasteiger partial charge in [0.25, 0.3) is 0 Å². The van der Waals surface area contributed by atoms with E-state index in [-0.39, 0.29) is 6.61 Å². The Kier molecular flexibility index (Phi) is 4.35. The SMILES string of the molecule is CCNC(CO)(Cn1cc(C)cn1)c1ccccc1. The van der Waals surface area contributed by atoms with Crippen molar-refractivity contribution in [3.05, 3.63) is 53.9 Å². The lowest BCUT2D eigenvalue weighted by molar-refractivity contribution is 0.139. The molecule has 19 heavy (non-hydrogen) atoms. The molecule has 0 saturated heterocycles. The zero-order valence-electron chi connectivity index (χ0n) is 11.5. The van der Waals surface area contributed by atoms with Crippen LogP contribution in [0.5, 0.6) is 0 Å². The number of nitrogens with zero attached hydrogens (tertiary/aromatic N) is 2. The second-order valence-corrected chi connectivity index (χ2v) is 4.85. The highest BCUT2D eigenvalue weighted by Gasteiger charge is 2.31. The number of aryl methyl sites for hydroxylation is 1. The van der Waals surface area contributed by atoms with E-state index in [1.54, 1.807) is 0 Å². The third kappa shape index (κ3) is 3.03. The molecule has 0 radical (unpaired) electrons. The Balaban J connectivity index is 2.34. The van der Waals surface area contributed by atoms with E-state index in [9.17, 15) is 5.11 Å². The first kappa shape index (κ1) is 13.8. The van der Waals surface area contributed by atoms with E-state index in [0.29, 0.717) is 6.54 Å². The first-order chi connectivity index (χ1) is 9.20. The summed E-state index contributed by atoms with van der Waals surface area (Å²) < 4.78 is 1.88. The zero-order valence-corrected chi connectivity index (χ0v) is 11.5. The number of hydrogen-bond donors (Lipinski definition) is 2. The number of nitrogens with one attached hydrogen (secondary N) is 1. The summed E-state index contributed by atoms with van der Waals surface area (Å²) in [5, 5.41) is 17.7. The summed E-state index contributed by atoms with van der Waals surface area (Å²) in [6, 6.07) is 10.0. The molecule has 1 aromatic heterocycles. The van der Waals surface area contributed by atoms with E-state index in [4.69, 9.17) is 0 Å². The van der Waals surface area contributed by atoms with Gasteiger partial charge in [0.2, 0.25) is 0 Å². The number of benzene rings is 1. The number of aromatic nitrogens is 2. The third-order valence-corrected chi connectivity index (χ3v) is 3.31. The van der Waals surface area contributed by atoms with Gasteiger partial charge in [0.05, 0.1) is 24.9 Å². The molecule has 0 aliphatic rings. The van der Waals surface area contributed by atoms with Gasteiger partial charge >= 0.3 is 0 Å². The minimum atomic E-state index is -0.492. The Morgan fingerprint density at radius 3 is 2.58 bits per heavy atom. The van der Waals surface area contributed by atoms with Gasteiger partial charge in [-0.05, 0) is 24.6 Å². The number of hydrogen-bond acceptors (Lipinski definition) is 3. The van der Waals surface area contributed by atoms with Gasteiger partial charge in [0, 0.05) is 6.20 Å². The van der Waals surface area contributed by atoms with Crippen LogP contribution in [0.4, 0.5) is 0 Å². The van der Waals surface area contributed by atoms with Crippen LogP contribution in [0.1, 0.15) is 18.1 Å². The molecule has 2 N–H and O–H groups in total. The quantitative estimate of drug-likeness (QED) is 0.830. The minimum Gasteiger partial charge on any atom is -0.394 e. The highest BCUT2D eigenvalue weighted by Crippen LogP contribution is 2.23. The Bertz CT molecular complexity index is 509. The third-order valence-electron chi connectivity index (χ3n) is 3.31. The number of aliphatic hydroxyl groups is 1. The topological polar surface area (TPSA) is 50.1 Å². The van der Waals surface area contributed by atoms with E-state index in [1.165, 1.54) is 0 Å². The lowest BCUT2D eigenvalue weighted by Crippen LogP contribution is -2.49. The fourth-order valence-corrected chi connectivity index (χ4v) is 2.37. The standard InChI is InChI=1S/C15H21N3O/c1-3-16-15(12-19,14-7-5-4-6-8-14)11-18-10-13(2)9-17-18/h4-10,16,19H,3,11-12H2,1-2H3. The van der Waals surface area contributed by atoms with E-state index >= 15 is 0 Å². The van der Waals surface area contributed by atoms with Crippen molar-refractivity contribution in [1.82, 2.24) is 15.1 Å². The van der Waals surface area contributed by atoms with Crippen LogP contribution < -0.4 is 5.32 Å². The van der Waals surface area contributed by atoms with Crippen molar-refractivity contribution < 1.29 is 5.11 Å². The average Bonchev–Trinajstić information content (AvgIpc) is 2.84. The summed E-state index contributed by atoms with van der Waals surface area (Å²) in [7, 11) is 0. The van der Waals surface area contributed by atoms with Crippen LogP contribution >= 0.6 is 0 Å². The van der Waals surface area contributed by atoms with Crippen molar-refractivity contribution in [2.24, 2.45) is 0 Å². The van der Waals surface area contributed by atoms with Crippen LogP contribution in [-0.2, 0) is 12.1 Å². The Labute approximate surface area is 114 Å². The van der Waals surface area contributed by atoms with E-state index in [1.807, 2.05) is 61.3 Å². The molecule has 0 fully saturated rings. The van der Waals surface area contributed by atoms with Crippen LogP contribution in [0.3, 0.4) is 0 Å². The van der Waals surface area contributed by atoms with Gasteiger partial charge in [-0.15, -0.1) is 0 Å².